The predicted molar refractivity (Wildman–Crippen MR) is 94.0 cm³/mol. The van der Waals surface area contributed by atoms with Crippen molar-refractivity contribution in [1.82, 2.24) is 10.6 Å². The average Bonchev–Trinajstić information content (AvgIpc) is 2.66. The molecule has 0 spiro atoms. The molecule has 2 aromatic rings. The first-order valence-corrected chi connectivity index (χ1v) is 8.03. The molecule has 0 atom stereocenters. The van der Waals surface area contributed by atoms with Crippen LogP contribution in [0, 0.1) is 0 Å². The molecular formula is C19H24N2O3. The first-order chi connectivity index (χ1) is 11.7. The number of ether oxygens (including phenoxy) is 1. The number of carboxylic acids is 1. The van der Waals surface area contributed by atoms with Gasteiger partial charge in [-0.15, -0.1) is 0 Å². The van der Waals surface area contributed by atoms with Crippen molar-refractivity contribution in [3.05, 3.63) is 71.8 Å². The second-order valence-electron chi connectivity index (χ2n) is 5.42. The summed E-state index contributed by atoms with van der Waals surface area (Å²) in [6, 6.07) is 17.9. The van der Waals surface area contributed by atoms with E-state index in [9.17, 15) is 9.90 Å². The number of piperazine rings is 1. The van der Waals surface area contributed by atoms with Crippen molar-refractivity contribution in [2.45, 2.75) is 5.60 Å². The lowest BCUT2D eigenvalue weighted by molar-refractivity contribution is -0.158. The Balaban J connectivity index is 0.000000292. The lowest BCUT2D eigenvalue weighted by Crippen LogP contribution is -2.39. The zero-order valence-electron chi connectivity index (χ0n) is 13.9. The van der Waals surface area contributed by atoms with Crippen molar-refractivity contribution in [3.8, 4) is 0 Å². The number of hydrogen-bond donors (Lipinski definition) is 3. The fourth-order valence-corrected chi connectivity index (χ4v) is 2.69. The van der Waals surface area contributed by atoms with E-state index in [1.807, 2.05) is 12.1 Å². The van der Waals surface area contributed by atoms with E-state index in [-0.39, 0.29) is 0 Å². The Morgan fingerprint density at radius 2 is 1.25 bits per heavy atom. The predicted octanol–water partition coefficient (Wildman–Crippen LogP) is 1.84. The number of carbonyl (C=O) groups is 1. The van der Waals surface area contributed by atoms with Gasteiger partial charge in [0, 0.05) is 33.3 Å². The molecule has 5 heteroatoms. The van der Waals surface area contributed by atoms with Gasteiger partial charge in [-0.3, -0.25) is 0 Å². The van der Waals surface area contributed by atoms with Crippen LogP contribution in [0.3, 0.4) is 0 Å². The number of hydrogen-bond acceptors (Lipinski definition) is 4. The van der Waals surface area contributed by atoms with Gasteiger partial charge in [0.25, 0.3) is 0 Å². The average molecular weight is 328 g/mol. The highest BCUT2D eigenvalue weighted by Crippen LogP contribution is 2.33. The molecule has 1 fully saturated rings. The molecule has 0 radical (unpaired) electrons. The minimum Gasteiger partial charge on any atom is -0.479 e. The Kier molecular flexibility index (Phi) is 6.93. The number of carboxylic acid groups (broad SMARTS) is 1. The third-order valence-electron chi connectivity index (χ3n) is 3.93. The maximum Gasteiger partial charge on any atom is 0.345 e. The standard InChI is InChI=1S/C15H14O3.C4H10N2/c1-18-15(14(16)17,12-8-4-2-5-9-12)13-10-6-3-7-11-13;1-2-6-4-3-5-1/h2-11H,1H3,(H,16,17);5-6H,1-4H2. The van der Waals surface area contributed by atoms with E-state index in [2.05, 4.69) is 10.6 Å². The van der Waals surface area contributed by atoms with Crippen LogP contribution >= 0.6 is 0 Å². The summed E-state index contributed by atoms with van der Waals surface area (Å²) in [6.45, 7) is 4.56. The zero-order chi connectivity index (χ0) is 17.3. The summed E-state index contributed by atoms with van der Waals surface area (Å²) in [7, 11) is 1.41. The van der Waals surface area contributed by atoms with Crippen molar-refractivity contribution in [2.24, 2.45) is 0 Å². The normalized spacial score (nSPS) is 14.4. The molecule has 5 nitrogen and oxygen atoms in total. The van der Waals surface area contributed by atoms with Crippen LogP contribution in [0.5, 0.6) is 0 Å². The van der Waals surface area contributed by atoms with Crippen molar-refractivity contribution in [1.29, 1.82) is 0 Å². The maximum atomic E-state index is 11.7. The van der Waals surface area contributed by atoms with Crippen LogP contribution in [-0.4, -0.2) is 44.4 Å². The number of benzene rings is 2. The highest BCUT2D eigenvalue weighted by molar-refractivity contribution is 5.84. The molecule has 0 aromatic heterocycles. The Morgan fingerprint density at radius 3 is 1.50 bits per heavy atom. The molecule has 2 aromatic carbocycles. The molecule has 0 amide bonds. The van der Waals surface area contributed by atoms with E-state index >= 15 is 0 Å². The number of methoxy groups -OCH3 is 1. The maximum absolute atomic E-state index is 11.7. The van der Waals surface area contributed by atoms with Gasteiger partial charge in [-0.2, -0.15) is 0 Å². The van der Waals surface area contributed by atoms with E-state index < -0.39 is 11.6 Å². The number of aliphatic carboxylic acids is 1. The fourth-order valence-electron chi connectivity index (χ4n) is 2.69. The molecule has 3 N–H and O–H groups in total. The van der Waals surface area contributed by atoms with E-state index in [0.29, 0.717) is 11.1 Å². The molecule has 1 aliphatic heterocycles. The largest absolute Gasteiger partial charge is 0.479 e. The molecule has 128 valence electrons. The van der Waals surface area contributed by atoms with E-state index in [4.69, 9.17) is 4.74 Å². The van der Waals surface area contributed by atoms with Crippen LogP contribution < -0.4 is 10.6 Å². The number of rotatable bonds is 4. The van der Waals surface area contributed by atoms with E-state index in [1.165, 1.54) is 7.11 Å². The SMILES string of the molecule is C1CNCCN1.COC(C(=O)O)(c1ccccc1)c1ccccc1. The van der Waals surface area contributed by atoms with Crippen LogP contribution in [0.2, 0.25) is 0 Å². The summed E-state index contributed by atoms with van der Waals surface area (Å²) < 4.78 is 5.37. The Bertz CT molecular complexity index is 562. The summed E-state index contributed by atoms with van der Waals surface area (Å²) in [4.78, 5) is 11.7. The highest BCUT2D eigenvalue weighted by atomic mass is 16.5. The van der Waals surface area contributed by atoms with Gasteiger partial charge in [0.15, 0.2) is 0 Å². The van der Waals surface area contributed by atoms with E-state index in [1.54, 1.807) is 48.5 Å². The summed E-state index contributed by atoms with van der Waals surface area (Å²) in [6.07, 6.45) is 0. The van der Waals surface area contributed by atoms with Crippen molar-refractivity contribution < 1.29 is 14.6 Å². The topological polar surface area (TPSA) is 70.6 Å². The minimum absolute atomic E-state index is 0.603. The van der Waals surface area contributed by atoms with Crippen LogP contribution in [-0.2, 0) is 15.1 Å². The smallest absolute Gasteiger partial charge is 0.345 e. The summed E-state index contributed by atoms with van der Waals surface area (Å²) >= 11 is 0. The number of nitrogens with one attached hydrogen (secondary N) is 2. The molecule has 0 bridgehead atoms. The van der Waals surface area contributed by atoms with Gasteiger partial charge in [0.05, 0.1) is 0 Å². The van der Waals surface area contributed by atoms with Crippen LogP contribution in [0.15, 0.2) is 60.7 Å². The monoisotopic (exact) mass is 328 g/mol. The van der Waals surface area contributed by atoms with Crippen LogP contribution in [0.1, 0.15) is 11.1 Å². The van der Waals surface area contributed by atoms with Gasteiger partial charge in [0.1, 0.15) is 0 Å². The molecule has 0 saturated carbocycles. The van der Waals surface area contributed by atoms with Crippen molar-refractivity contribution >= 4 is 5.97 Å². The third kappa shape index (κ3) is 4.20. The first-order valence-electron chi connectivity index (χ1n) is 8.03. The van der Waals surface area contributed by atoms with Crippen LogP contribution in [0.25, 0.3) is 0 Å². The Labute approximate surface area is 142 Å². The molecule has 3 rings (SSSR count). The van der Waals surface area contributed by atoms with Gasteiger partial charge in [-0.25, -0.2) is 4.79 Å². The van der Waals surface area contributed by atoms with Gasteiger partial charge in [0.2, 0.25) is 5.60 Å². The van der Waals surface area contributed by atoms with Gasteiger partial charge < -0.3 is 20.5 Å². The van der Waals surface area contributed by atoms with Crippen molar-refractivity contribution in [3.63, 3.8) is 0 Å². The second kappa shape index (κ2) is 9.17. The lowest BCUT2D eigenvalue weighted by Gasteiger charge is -2.28. The molecular weight excluding hydrogens is 304 g/mol. The van der Waals surface area contributed by atoms with Crippen molar-refractivity contribution in [2.75, 3.05) is 33.3 Å². The van der Waals surface area contributed by atoms with Gasteiger partial charge in [-0.05, 0) is 11.1 Å². The first kappa shape index (κ1) is 18.1. The second-order valence-corrected chi connectivity index (χ2v) is 5.42. The molecule has 1 aliphatic rings. The molecule has 1 saturated heterocycles. The van der Waals surface area contributed by atoms with Gasteiger partial charge in [-0.1, -0.05) is 60.7 Å². The third-order valence-corrected chi connectivity index (χ3v) is 3.93. The quantitative estimate of drug-likeness (QED) is 0.799. The summed E-state index contributed by atoms with van der Waals surface area (Å²) in [5.74, 6) is -1.03. The zero-order valence-corrected chi connectivity index (χ0v) is 13.9. The fraction of sp³-hybridized carbons (Fsp3) is 0.316. The van der Waals surface area contributed by atoms with Crippen LogP contribution in [0.4, 0.5) is 0 Å². The summed E-state index contributed by atoms with van der Waals surface area (Å²) in [5, 5.41) is 16.1. The molecule has 0 aliphatic carbocycles. The molecule has 1 heterocycles. The Morgan fingerprint density at radius 1 is 0.875 bits per heavy atom. The minimum atomic E-state index is -1.46. The van der Waals surface area contributed by atoms with E-state index in [0.717, 1.165) is 26.2 Å². The van der Waals surface area contributed by atoms with Gasteiger partial charge >= 0.3 is 5.97 Å². The molecule has 0 unspecified atom stereocenters. The Hall–Kier alpha value is -2.21. The summed E-state index contributed by atoms with van der Waals surface area (Å²) in [5.41, 5.74) is -0.250. The highest BCUT2D eigenvalue weighted by Gasteiger charge is 2.42. The molecule has 24 heavy (non-hydrogen) atoms. The lowest BCUT2D eigenvalue weighted by atomic mass is 9.86.